The highest BCUT2D eigenvalue weighted by molar-refractivity contribution is 5.29. The van der Waals surface area contributed by atoms with Gasteiger partial charge in [0.2, 0.25) is 0 Å². The fourth-order valence-corrected chi connectivity index (χ4v) is 3.48. The second-order valence-corrected chi connectivity index (χ2v) is 6.52. The summed E-state index contributed by atoms with van der Waals surface area (Å²) in [6.45, 7) is 6.55. The summed E-state index contributed by atoms with van der Waals surface area (Å²) in [5.41, 5.74) is 6.74. The minimum Gasteiger partial charge on any atom is -0.330 e. The largest absolute Gasteiger partial charge is 0.330 e. The zero-order valence-electron chi connectivity index (χ0n) is 12.6. The van der Waals surface area contributed by atoms with Crippen LogP contribution in [0.15, 0.2) is 12.1 Å². The average Bonchev–Trinajstić information content (AvgIpc) is 2.44. The van der Waals surface area contributed by atoms with Crippen molar-refractivity contribution >= 4 is 0 Å². The molecule has 1 aliphatic carbocycles. The second-order valence-electron chi connectivity index (χ2n) is 6.52. The van der Waals surface area contributed by atoms with Crippen molar-refractivity contribution in [3.8, 4) is 0 Å². The molecule has 0 heterocycles. The van der Waals surface area contributed by atoms with Crippen LogP contribution in [0.1, 0.15) is 50.2 Å². The van der Waals surface area contributed by atoms with Crippen molar-refractivity contribution in [2.24, 2.45) is 23.5 Å². The number of benzene rings is 1. The van der Waals surface area contributed by atoms with E-state index in [9.17, 15) is 8.78 Å². The van der Waals surface area contributed by atoms with E-state index < -0.39 is 11.6 Å². The molecule has 3 atom stereocenters. The van der Waals surface area contributed by atoms with Gasteiger partial charge in [0.05, 0.1) is 0 Å². The summed E-state index contributed by atoms with van der Waals surface area (Å²) in [4.78, 5) is 0. The Bertz CT molecular complexity index is 470. The summed E-state index contributed by atoms with van der Waals surface area (Å²) in [6.07, 6.45) is 3.07. The van der Waals surface area contributed by atoms with E-state index in [1.54, 1.807) is 19.1 Å². The van der Waals surface area contributed by atoms with Gasteiger partial charge < -0.3 is 5.73 Å². The maximum atomic E-state index is 14.3. The van der Waals surface area contributed by atoms with Crippen molar-refractivity contribution in [1.82, 2.24) is 0 Å². The third-order valence-corrected chi connectivity index (χ3v) is 4.98. The summed E-state index contributed by atoms with van der Waals surface area (Å²) in [5, 5.41) is 0. The number of hydrogen-bond donors (Lipinski definition) is 1. The van der Waals surface area contributed by atoms with Gasteiger partial charge in [0, 0.05) is 0 Å². The molecule has 0 amide bonds. The summed E-state index contributed by atoms with van der Waals surface area (Å²) >= 11 is 0. The van der Waals surface area contributed by atoms with E-state index in [1.807, 2.05) is 0 Å². The minimum absolute atomic E-state index is 0.0521. The van der Waals surface area contributed by atoms with Gasteiger partial charge in [-0.05, 0) is 67.5 Å². The Balaban J connectivity index is 2.34. The lowest BCUT2D eigenvalue weighted by Gasteiger charge is -2.38. The van der Waals surface area contributed by atoms with E-state index >= 15 is 0 Å². The third-order valence-electron chi connectivity index (χ3n) is 4.98. The van der Waals surface area contributed by atoms with Crippen molar-refractivity contribution in [2.75, 3.05) is 6.54 Å². The Morgan fingerprint density at radius 1 is 1.20 bits per heavy atom. The van der Waals surface area contributed by atoms with Gasteiger partial charge >= 0.3 is 0 Å². The molecule has 0 bridgehead atoms. The van der Waals surface area contributed by atoms with Gasteiger partial charge in [-0.2, -0.15) is 0 Å². The molecule has 0 radical (unpaired) electrons. The highest BCUT2D eigenvalue weighted by Gasteiger charge is 2.34. The molecule has 1 aromatic carbocycles. The number of nitrogens with two attached hydrogens (primary N) is 1. The van der Waals surface area contributed by atoms with Gasteiger partial charge in [0.1, 0.15) is 0 Å². The average molecular weight is 281 g/mol. The molecule has 1 aromatic rings. The van der Waals surface area contributed by atoms with Crippen molar-refractivity contribution in [3.05, 3.63) is 34.9 Å². The van der Waals surface area contributed by atoms with Crippen LogP contribution in [0.4, 0.5) is 8.78 Å². The first-order valence-corrected chi connectivity index (χ1v) is 7.60. The predicted molar refractivity (Wildman–Crippen MR) is 78.6 cm³/mol. The number of halogens is 2. The van der Waals surface area contributed by atoms with Crippen molar-refractivity contribution < 1.29 is 8.78 Å². The highest BCUT2D eigenvalue weighted by atomic mass is 19.2. The lowest BCUT2D eigenvalue weighted by atomic mass is 9.68. The SMILES string of the molecule is Cc1ccc(C2CC(C(C)C)CCC2CN)c(F)c1F. The van der Waals surface area contributed by atoms with Crippen LogP contribution < -0.4 is 5.73 Å². The lowest BCUT2D eigenvalue weighted by Crippen LogP contribution is -2.31. The smallest absolute Gasteiger partial charge is 0.162 e. The summed E-state index contributed by atoms with van der Waals surface area (Å²) in [5.74, 6) is 0.0989. The quantitative estimate of drug-likeness (QED) is 0.873. The van der Waals surface area contributed by atoms with E-state index in [1.165, 1.54) is 0 Å². The van der Waals surface area contributed by atoms with Crippen molar-refractivity contribution in [2.45, 2.75) is 46.0 Å². The summed E-state index contributed by atoms with van der Waals surface area (Å²) in [7, 11) is 0. The molecule has 2 N–H and O–H groups in total. The Hall–Kier alpha value is -0.960. The van der Waals surface area contributed by atoms with Crippen LogP contribution in [0.3, 0.4) is 0 Å². The molecule has 0 aliphatic heterocycles. The number of hydrogen-bond acceptors (Lipinski definition) is 1. The monoisotopic (exact) mass is 281 g/mol. The molecular formula is C17H25F2N. The normalized spacial score (nSPS) is 27.1. The summed E-state index contributed by atoms with van der Waals surface area (Å²) < 4.78 is 28.1. The first kappa shape index (κ1) is 15.4. The predicted octanol–water partition coefficient (Wildman–Crippen LogP) is 4.39. The van der Waals surface area contributed by atoms with E-state index in [2.05, 4.69) is 13.8 Å². The molecule has 0 spiro atoms. The first-order valence-electron chi connectivity index (χ1n) is 7.60. The maximum Gasteiger partial charge on any atom is 0.162 e. The van der Waals surface area contributed by atoms with Gasteiger partial charge in [-0.15, -0.1) is 0 Å². The molecule has 20 heavy (non-hydrogen) atoms. The van der Waals surface area contributed by atoms with E-state index in [0.29, 0.717) is 29.5 Å². The molecule has 0 saturated heterocycles. The molecule has 1 fully saturated rings. The zero-order valence-corrected chi connectivity index (χ0v) is 12.6. The van der Waals surface area contributed by atoms with Crippen LogP contribution in [0.25, 0.3) is 0 Å². The minimum atomic E-state index is -0.704. The van der Waals surface area contributed by atoms with Crippen LogP contribution in [-0.2, 0) is 0 Å². The zero-order chi connectivity index (χ0) is 14.9. The molecule has 0 aromatic heterocycles. The van der Waals surface area contributed by atoms with Crippen LogP contribution in [0.2, 0.25) is 0 Å². The highest BCUT2D eigenvalue weighted by Crippen LogP contribution is 2.43. The van der Waals surface area contributed by atoms with Crippen molar-refractivity contribution in [3.63, 3.8) is 0 Å². The van der Waals surface area contributed by atoms with Crippen LogP contribution in [-0.4, -0.2) is 6.54 Å². The number of rotatable bonds is 3. The molecule has 1 aliphatic rings. The third kappa shape index (κ3) is 2.88. The van der Waals surface area contributed by atoms with Gasteiger partial charge in [0.15, 0.2) is 11.6 Å². The van der Waals surface area contributed by atoms with Crippen LogP contribution >= 0.6 is 0 Å². The Kier molecular flexibility index (Phi) is 4.79. The lowest BCUT2D eigenvalue weighted by molar-refractivity contribution is 0.194. The van der Waals surface area contributed by atoms with Gasteiger partial charge in [0.25, 0.3) is 0 Å². The Morgan fingerprint density at radius 2 is 1.90 bits per heavy atom. The maximum absolute atomic E-state index is 14.3. The standard InChI is InChI=1S/C17H25F2N/c1-10(2)12-5-6-13(9-20)15(8-12)14-7-4-11(3)16(18)17(14)19/h4,7,10,12-13,15H,5-6,8-9,20H2,1-3H3. The molecule has 112 valence electrons. The van der Waals surface area contributed by atoms with E-state index in [0.717, 1.165) is 19.3 Å². The molecule has 1 saturated carbocycles. The second kappa shape index (κ2) is 6.21. The fourth-order valence-electron chi connectivity index (χ4n) is 3.48. The first-order chi connectivity index (χ1) is 9.45. The Morgan fingerprint density at radius 3 is 2.50 bits per heavy atom. The van der Waals surface area contributed by atoms with Crippen LogP contribution in [0.5, 0.6) is 0 Å². The van der Waals surface area contributed by atoms with Gasteiger partial charge in [-0.3, -0.25) is 0 Å². The van der Waals surface area contributed by atoms with E-state index in [-0.39, 0.29) is 11.8 Å². The van der Waals surface area contributed by atoms with Gasteiger partial charge in [-0.25, -0.2) is 8.78 Å². The topological polar surface area (TPSA) is 26.0 Å². The molecule has 1 nitrogen and oxygen atoms in total. The molecule has 2 rings (SSSR count). The summed E-state index contributed by atoms with van der Waals surface area (Å²) in [6, 6.07) is 3.43. The number of aryl methyl sites for hydroxylation is 1. The fraction of sp³-hybridized carbons (Fsp3) is 0.647. The van der Waals surface area contributed by atoms with Crippen LogP contribution in [0, 0.1) is 36.3 Å². The van der Waals surface area contributed by atoms with Crippen molar-refractivity contribution in [1.29, 1.82) is 0 Å². The molecule has 3 heteroatoms. The molecular weight excluding hydrogens is 256 g/mol. The van der Waals surface area contributed by atoms with Gasteiger partial charge in [-0.1, -0.05) is 26.0 Å². The Labute approximate surface area is 120 Å². The van der Waals surface area contributed by atoms with E-state index in [4.69, 9.17) is 5.73 Å². The molecule has 3 unspecified atom stereocenters.